The second-order valence-corrected chi connectivity index (χ2v) is 6.89. The summed E-state index contributed by atoms with van der Waals surface area (Å²) >= 11 is 0. The van der Waals surface area contributed by atoms with Crippen LogP contribution in [0.15, 0.2) is 24.3 Å². The molecule has 1 aliphatic rings. The van der Waals surface area contributed by atoms with Gasteiger partial charge in [0.15, 0.2) is 5.78 Å². The predicted octanol–water partition coefficient (Wildman–Crippen LogP) is 0.652. The summed E-state index contributed by atoms with van der Waals surface area (Å²) in [5.74, 6) is -1.46. The van der Waals surface area contributed by atoms with E-state index in [1.807, 2.05) is 13.8 Å². The number of hydrogen-bond acceptors (Lipinski definition) is 4. The molecule has 0 aromatic heterocycles. The SMILES string of the molecule is CNC(=O)NC(C(=O)C[C@H]1/C=C/CCNC(=O)/C=C/[C@H](C)NC1=O)C(C)C. The fourth-order valence-electron chi connectivity index (χ4n) is 2.63. The highest BCUT2D eigenvalue weighted by Gasteiger charge is 2.28. The zero-order valence-electron chi connectivity index (χ0n) is 16.4. The molecule has 0 aromatic carbocycles. The Balaban J connectivity index is 2.90. The van der Waals surface area contributed by atoms with Crippen LogP contribution in [-0.4, -0.2) is 49.3 Å². The highest BCUT2D eigenvalue weighted by atomic mass is 16.2. The van der Waals surface area contributed by atoms with Crippen molar-refractivity contribution in [2.75, 3.05) is 13.6 Å². The van der Waals surface area contributed by atoms with Gasteiger partial charge in [-0.25, -0.2) is 4.79 Å². The van der Waals surface area contributed by atoms with Gasteiger partial charge in [-0.15, -0.1) is 0 Å². The van der Waals surface area contributed by atoms with Gasteiger partial charge in [0.2, 0.25) is 11.8 Å². The number of rotatable bonds is 5. The van der Waals surface area contributed by atoms with Crippen molar-refractivity contribution in [3.05, 3.63) is 24.3 Å². The van der Waals surface area contributed by atoms with E-state index in [4.69, 9.17) is 0 Å². The lowest BCUT2D eigenvalue weighted by molar-refractivity contribution is -0.129. The third-order valence-corrected chi connectivity index (χ3v) is 4.17. The van der Waals surface area contributed by atoms with Crippen molar-refractivity contribution >= 4 is 23.6 Å². The molecule has 1 rings (SSSR count). The Bertz CT molecular complexity index is 613. The van der Waals surface area contributed by atoms with E-state index in [9.17, 15) is 19.2 Å². The lowest BCUT2D eigenvalue weighted by Crippen LogP contribution is -2.48. The standard InChI is InChI=1S/C19H30N4O4/c1-12(2)17(23-19(27)20-4)15(24)11-14-7-5-6-10-21-16(25)9-8-13(3)22-18(14)26/h5,7-9,12-14,17H,6,10-11H2,1-4H3,(H,21,25)(H,22,26)(H2,20,23,27)/b7-5+,9-8+/t13-,14+,17?/m0/s1. The number of amides is 4. The van der Waals surface area contributed by atoms with E-state index in [2.05, 4.69) is 21.3 Å². The molecule has 1 unspecified atom stereocenters. The van der Waals surface area contributed by atoms with Gasteiger partial charge in [-0.2, -0.15) is 0 Å². The first-order valence-corrected chi connectivity index (χ1v) is 9.18. The molecule has 0 bridgehead atoms. The van der Waals surface area contributed by atoms with Gasteiger partial charge in [0.05, 0.1) is 12.0 Å². The van der Waals surface area contributed by atoms with Crippen molar-refractivity contribution < 1.29 is 19.2 Å². The maximum atomic E-state index is 12.7. The smallest absolute Gasteiger partial charge is 0.315 e. The normalized spacial score (nSPS) is 24.5. The molecule has 0 aliphatic carbocycles. The van der Waals surface area contributed by atoms with Crippen molar-refractivity contribution in [2.24, 2.45) is 11.8 Å². The summed E-state index contributed by atoms with van der Waals surface area (Å²) in [4.78, 5) is 48.5. The second-order valence-electron chi connectivity index (χ2n) is 6.89. The molecule has 0 spiro atoms. The van der Waals surface area contributed by atoms with Crippen LogP contribution < -0.4 is 21.3 Å². The molecule has 150 valence electrons. The number of ketones is 1. The lowest BCUT2D eigenvalue weighted by Gasteiger charge is -2.23. The monoisotopic (exact) mass is 378 g/mol. The highest BCUT2D eigenvalue weighted by molar-refractivity contribution is 5.93. The Morgan fingerprint density at radius 1 is 1.26 bits per heavy atom. The number of hydrogen-bond donors (Lipinski definition) is 4. The third-order valence-electron chi connectivity index (χ3n) is 4.17. The topological polar surface area (TPSA) is 116 Å². The molecular weight excluding hydrogens is 348 g/mol. The molecule has 8 nitrogen and oxygen atoms in total. The van der Waals surface area contributed by atoms with Crippen molar-refractivity contribution in [1.82, 2.24) is 21.3 Å². The van der Waals surface area contributed by atoms with Crippen molar-refractivity contribution in [3.63, 3.8) is 0 Å². The Kier molecular flexibility index (Phi) is 9.25. The van der Waals surface area contributed by atoms with Crippen LogP contribution in [0.5, 0.6) is 0 Å². The largest absolute Gasteiger partial charge is 0.352 e. The lowest BCUT2D eigenvalue weighted by atomic mass is 9.91. The van der Waals surface area contributed by atoms with Crippen LogP contribution in [0.2, 0.25) is 0 Å². The number of Topliss-reactive ketones (excluding diaryl/α,β-unsaturated/α-hetero) is 1. The van der Waals surface area contributed by atoms with E-state index < -0.39 is 18.0 Å². The summed E-state index contributed by atoms with van der Waals surface area (Å²) in [7, 11) is 1.48. The zero-order chi connectivity index (χ0) is 20.4. The van der Waals surface area contributed by atoms with Crippen LogP contribution in [0.4, 0.5) is 4.79 Å². The fourth-order valence-corrected chi connectivity index (χ4v) is 2.63. The molecule has 0 saturated carbocycles. The van der Waals surface area contributed by atoms with Gasteiger partial charge in [-0.3, -0.25) is 14.4 Å². The van der Waals surface area contributed by atoms with Crippen LogP contribution in [0.1, 0.15) is 33.6 Å². The fraction of sp³-hybridized carbons (Fsp3) is 0.579. The van der Waals surface area contributed by atoms with Crippen LogP contribution in [-0.2, 0) is 14.4 Å². The molecule has 8 heteroatoms. The molecule has 3 atom stereocenters. The Hall–Kier alpha value is -2.64. The first-order chi connectivity index (χ1) is 12.7. The van der Waals surface area contributed by atoms with E-state index in [0.717, 1.165) is 0 Å². The van der Waals surface area contributed by atoms with Crippen LogP contribution >= 0.6 is 0 Å². The predicted molar refractivity (Wildman–Crippen MR) is 103 cm³/mol. The molecule has 4 N–H and O–H groups in total. The first kappa shape index (κ1) is 22.4. The Labute approximate surface area is 160 Å². The van der Waals surface area contributed by atoms with Gasteiger partial charge in [0.25, 0.3) is 0 Å². The van der Waals surface area contributed by atoms with E-state index >= 15 is 0 Å². The average Bonchev–Trinajstić information content (AvgIpc) is 2.61. The van der Waals surface area contributed by atoms with E-state index in [0.29, 0.717) is 13.0 Å². The maximum Gasteiger partial charge on any atom is 0.315 e. The van der Waals surface area contributed by atoms with Gasteiger partial charge in [0.1, 0.15) is 0 Å². The Morgan fingerprint density at radius 2 is 1.96 bits per heavy atom. The summed E-state index contributed by atoms with van der Waals surface area (Å²) in [5.41, 5.74) is 0. The minimum absolute atomic E-state index is 0.0159. The van der Waals surface area contributed by atoms with E-state index in [1.165, 1.54) is 13.1 Å². The number of carbonyl (C=O) groups excluding carboxylic acids is 4. The zero-order valence-corrected chi connectivity index (χ0v) is 16.4. The van der Waals surface area contributed by atoms with Crippen molar-refractivity contribution in [2.45, 2.75) is 45.7 Å². The molecule has 1 aliphatic heterocycles. The summed E-state index contributed by atoms with van der Waals surface area (Å²) in [6, 6.07) is -1.46. The molecule has 1 heterocycles. The van der Waals surface area contributed by atoms with Crippen LogP contribution in [0, 0.1) is 11.8 Å². The molecule has 4 amide bonds. The molecule has 27 heavy (non-hydrogen) atoms. The minimum Gasteiger partial charge on any atom is -0.352 e. The van der Waals surface area contributed by atoms with E-state index in [-0.39, 0.29) is 36.0 Å². The van der Waals surface area contributed by atoms with Crippen LogP contribution in [0.3, 0.4) is 0 Å². The summed E-state index contributed by atoms with van der Waals surface area (Å²) in [6.07, 6.45) is 6.99. The number of urea groups is 1. The second kappa shape index (κ2) is 11.2. The number of carbonyl (C=O) groups is 4. The molecule has 0 radical (unpaired) electrons. The summed E-state index contributed by atoms with van der Waals surface area (Å²) < 4.78 is 0. The first-order valence-electron chi connectivity index (χ1n) is 9.18. The number of nitrogens with one attached hydrogen (secondary N) is 4. The summed E-state index contributed by atoms with van der Waals surface area (Å²) in [6.45, 7) is 5.87. The molecule has 0 fully saturated rings. The molecule has 0 saturated heterocycles. The van der Waals surface area contributed by atoms with Gasteiger partial charge < -0.3 is 21.3 Å². The van der Waals surface area contributed by atoms with E-state index in [1.54, 1.807) is 25.2 Å². The minimum atomic E-state index is -0.677. The third kappa shape index (κ3) is 8.06. The van der Waals surface area contributed by atoms with Gasteiger partial charge in [-0.1, -0.05) is 32.1 Å². The Morgan fingerprint density at radius 3 is 2.59 bits per heavy atom. The van der Waals surface area contributed by atoms with Gasteiger partial charge in [-0.05, 0) is 19.3 Å². The van der Waals surface area contributed by atoms with Crippen molar-refractivity contribution in [1.29, 1.82) is 0 Å². The van der Waals surface area contributed by atoms with Crippen LogP contribution in [0.25, 0.3) is 0 Å². The summed E-state index contributed by atoms with van der Waals surface area (Å²) in [5, 5.41) is 10.6. The van der Waals surface area contributed by atoms with Gasteiger partial charge in [0, 0.05) is 32.1 Å². The average molecular weight is 378 g/mol. The van der Waals surface area contributed by atoms with Gasteiger partial charge >= 0.3 is 6.03 Å². The molecular formula is C19H30N4O4. The quantitative estimate of drug-likeness (QED) is 0.526. The highest BCUT2D eigenvalue weighted by Crippen LogP contribution is 2.14. The van der Waals surface area contributed by atoms with Crippen molar-refractivity contribution in [3.8, 4) is 0 Å². The molecule has 0 aromatic rings. The maximum absolute atomic E-state index is 12.7.